The predicted octanol–water partition coefficient (Wildman–Crippen LogP) is 6.08. The van der Waals surface area contributed by atoms with E-state index < -0.39 is 27.6 Å². The van der Waals surface area contributed by atoms with Gasteiger partial charge in [0.1, 0.15) is 21.4 Å². The Hall–Kier alpha value is -3.56. The van der Waals surface area contributed by atoms with E-state index in [0.29, 0.717) is 11.3 Å². The zero-order chi connectivity index (χ0) is 24.5. The number of hydrogen-bond donors (Lipinski definition) is 1. The molecule has 1 amide bonds. The van der Waals surface area contributed by atoms with Crippen LogP contribution in [-0.4, -0.2) is 21.4 Å². The number of carbonyl (C=O) groups excluding carboxylic acids is 1. The molecule has 0 aliphatic heterocycles. The Morgan fingerprint density at radius 1 is 0.941 bits per heavy atom. The van der Waals surface area contributed by atoms with Crippen LogP contribution in [0.15, 0.2) is 83.1 Å². The average Bonchev–Trinajstić information content (AvgIpc) is 3.26. The van der Waals surface area contributed by atoms with Crippen molar-refractivity contribution in [2.24, 2.45) is 0 Å². The lowest BCUT2D eigenvalue weighted by atomic mass is 10.1. The number of rotatable bonds is 6. The summed E-state index contributed by atoms with van der Waals surface area (Å²) < 4.78 is 56.2. The molecule has 9 heteroatoms. The second-order valence-corrected chi connectivity index (χ2v) is 10.4. The molecule has 0 saturated carbocycles. The van der Waals surface area contributed by atoms with Gasteiger partial charge in [0.05, 0.1) is 5.69 Å². The Kier molecular flexibility index (Phi) is 6.49. The zero-order valence-corrected chi connectivity index (χ0v) is 19.9. The molecule has 4 aromatic rings. The van der Waals surface area contributed by atoms with E-state index in [9.17, 15) is 22.0 Å². The third-order valence-electron chi connectivity index (χ3n) is 5.19. The molecule has 0 spiro atoms. The molecule has 0 fully saturated rings. The summed E-state index contributed by atoms with van der Waals surface area (Å²) in [6, 6.07) is 17.7. The van der Waals surface area contributed by atoms with Gasteiger partial charge in [0.15, 0.2) is 0 Å². The first-order valence-corrected chi connectivity index (χ1v) is 12.5. The molecule has 1 heterocycles. The van der Waals surface area contributed by atoms with Crippen LogP contribution in [0.1, 0.15) is 15.2 Å². The SMILES string of the molecule is Cc1ccc(N(C)S(=O)(=O)c2c(-c3cccc(F)c3)csc2C(=O)Nc2cccc(F)c2)cc1. The van der Waals surface area contributed by atoms with Gasteiger partial charge in [0.25, 0.3) is 15.9 Å². The molecule has 5 nitrogen and oxygen atoms in total. The molecule has 3 aromatic carbocycles. The smallest absolute Gasteiger partial charge is 0.267 e. The van der Waals surface area contributed by atoms with Crippen LogP contribution in [0.5, 0.6) is 0 Å². The fourth-order valence-corrected chi connectivity index (χ4v) is 6.25. The van der Waals surface area contributed by atoms with Gasteiger partial charge in [-0.05, 0) is 55.0 Å². The van der Waals surface area contributed by atoms with Crippen molar-refractivity contribution in [1.82, 2.24) is 0 Å². The molecule has 1 N–H and O–H groups in total. The van der Waals surface area contributed by atoms with Crippen LogP contribution < -0.4 is 9.62 Å². The lowest BCUT2D eigenvalue weighted by Crippen LogP contribution is -2.28. The molecular weight excluding hydrogens is 478 g/mol. The number of thiophene rings is 1. The fraction of sp³-hybridized carbons (Fsp3) is 0.0800. The van der Waals surface area contributed by atoms with Gasteiger partial charge in [-0.15, -0.1) is 11.3 Å². The lowest BCUT2D eigenvalue weighted by Gasteiger charge is -2.21. The first-order chi connectivity index (χ1) is 16.2. The Balaban J connectivity index is 1.84. The van der Waals surface area contributed by atoms with Crippen LogP contribution in [0, 0.1) is 18.6 Å². The number of aryl methyl sites for hydroxylation is 1. The number of amides is 1. The normalized spacial score (nSPS) is 11.3. The molecule has 4 rings (SSSR count). The topological polar surface area (TPSA) is 66.5 Å². The Morgan fingerprint density at radius 2 is 1.59 bits per heavy atom. The standard InChI is InChI=1S/C25H20F2N2O3S2/c1-16-9-11-21(12-10-16)29(2)34(31,32)24-22(17-5-3-6-18(26)13-17)15-33-23(24)25(30)28-20-8-4-7-19(27)14-20/h3-15H,1-2H3,(H,28,30). The van der Waals surface area contributed by atoms with Gasteiger partial charge in [-0.3, -0.25) is 9.10 Å². The zero-order valence-electron chi connectivity index (χ0n) is 18.2. The van der Waals surface area contributed by atoms with Crippen molar-refractivity contribution in [3.8, 4) is 11.1 Å². The Bertz CT molecular complexity index is 1470. The Labute approximate surface area is 200 Å². The molecular formula is C25H20F2N2O3S2. The quantitative estimate of drug-likeness (QED) is 0.350. The van der Waals surface area contributed by atoms with Crippen molar-refractivity contribution < 1.29 is 22.0 Å². The maximum Gasteiger partial charge on any atom is 0.267 e. The maximum atomic E-state index is 14.0. The molecule has 0 atom stereocenters. The summed E-state index contributed by atoms with van der Waals surface area (Å²) in [5, 5.41) is 4.05. The van der Waals surface area contributed by atoms with Crippen LogP contribution in [0.4, 0.5) is 20.2 Å². The van der Waals surface area contributed by atoms with Gasteiger partial charge < -0.3 is 5.32 Å². The van der Waals surface area contributed by atoms with Crippen LogP contribution in [0.2, 0.25) is 0 Å². The molecule has 174 valence electrons. The lowest BCUT2D eigenvalue weighted by molar-refractivity contribution is 0.102. The van der Waals surface area contributed by atoms with E-state index in [1.807, 2.05) is 6.92 Å². The molecule has 0 bridgehead atoms. The molecule has 0 radical (unpaired) electrons. The largest absolute Gasteiger partial charge is 0.321 e. The minimum Gasteiger partial charge on any atom is -0.321 e. The molecule has 0 saturated heterocycles. The molecule has 34 heavy (non-hydrogen) atoms. The van der Waals surface area contributed by atoms with Gasteiger partial charge in [0, 0.05) is 23.7 Å². The number of anilines is 2. The van der Waals surface area contributed by atoms with Crippen molar-refractivity contribution in [3.63, 3.8) is 0 Å². The first-order valence-electron chi connectivity index (χ1n) is 10.2. The van der Waals surface area contributed by atoms with E-state index in [0.717, 1.165) is 27.3 Å². The van der Waals surface area contributed by atoms with Gasteiger partial charge in [-0.25, -0.2) is 17.2 Å². The van der Waals surface area contributed by atoms with Crippen molar-refractivity contribution in [2.75, 3.05) is 16.7 Å². The summed E-state index contributed by atoms with van der Waals surface area (Å²) in [4.78, 5) is 12.8. The van der Waals surface area contributed by atoms with Crippen LogP contribution in [0.3, 0.4) is 0 Å². The van der Waals surface area contributed by atoms with Gasteiger partial charge in [-0.1, -0.05) is 35.9 Å². The summed E-state index contributed by atoms with van der Waals surface area (Å²) in [7, 11) is -2.85. The van der Waals surface area contributed by atoms with Crippen molar-refractivity contribution >= 4 is 38.6 Å². The molecule has 0 unspecified atom stereocenters. The number of benzene rings is 3. The fourth-order valence-electron chi connectivity index (χ4n) is 3.40. The number of nitrogens with one attached hydrogen (secondary N) is 1. The highest BCUT2D eigenvalue weighted by molar-refractivity contribution is 7.93. The highest BCUT2D eigenvalue weighted by Gasteiger charge is 2.33. The second-order valence-electron chi connectivity index (χ2n) is 7.59. The number of nitrogens with zero attached hydrogens (tertiary/aromatic N) is 1. The third kappa shape index (κ3) is 4.71. The highest BCUT2D eigenvalue weighted by atomic mass is 32.2. The number of sulfonamides is 1. The number of carbonyl (C=O) groups is 1. The summed E-state index contributed by atoms with van der Waals surface area (Å²) in [6.07, 6.45) is 0. The third-order valence-corrected chi connectivity index (χ3v) is 8.17. The van der Waals surface area contributed by atoms with Gasteiger partial charge >= 0.3 is 0 Å². The van der Waals surface area contributed by atoms with E-state index >= 15 is 0 Å². The van der Waals surface area contributed by atoms with Crippen molar-refractivity contribution in [2.45, 2.75) is 11.8 Å². The van der Waals surface area contributed by atoms with Gasteiger partial charge in [-0.2, -0.15) is 0 Å². The Morgan fingerprint density at radius 3 is 2.24 bits per heavy atom. The van der Waals surface area contributed by atoms with Gasteiger partial charge in [0.2, 0.25) is 0 Å². The van der Waals surface area contributed by atoms with Crippen molar-refractivity contribution in [1.29, 1.82) is 0 Å². The van der Waals surface area contributed by atoms with Crippen LogP contribution >= 0.6 is 11.3 Å². The summed E-state index contributed by atoms with van der Waals surface area (Å²) in [6.45, 7) is 1.88. The summed E-state index contributed by atoms with van der Waals surface area (Å²) in [5.41, 5.74) is 2.06. The van der Waals surface area contributed by atoms with E-state index in [2.05, 4.69) is 5.32 Å². The monoisotopic (exact) mass is 498 g/mol. The minimum absolute atomic E-state index is 0.0949. The van der Waals surface area contributed by atoms with Crippen LogP contribution in [0.25, 0.3) is 11.1 Å². The summed E-state index contributed by atoms with van der Waals surface area (Å²) >= 11 is 0.916. The van der Waals surface area contributed by atoms with E-state index in [1.54, 1.807) is 30.3 Å². The average molecular weight is 499 g/mol. The minimum atomic E-state index is -4.24. The maximum absolute atomic E-state index is 14.0. The summed E-state index contributed by atoms with van der Waals surface area (Å²) in [5.74, 6) is -1.80. The number of hydrogen-bond acceptors (Lipinski definition) is 4. The van der Waals surface area contributed by atoms with E-state index in [-0.39, 0.29) is 21.0 Å². The number of halogens is 2. The predicted molar refractivity (Wildman–Crippen MR) is 131 cm³/mol. The van der Waals surface area contributed by atoms with Crippen molar-refractivity contribution in [3.05, 3.63) is 100 Å². The van der Waals surface area contributed by atoms with E-state index in [4.69, 9.17) is 0 Å². The molecule has 0 aliphatic rings. The van der Waals surface area contributed by atoms with Crippen LogP contribution in [-0.2, 0) is 10.0 Å². The molecule has 0 aliphatic carbocycles. The first kappa shape index (κ1) is 23.6. The second kappa shape index (κ2) is 9.36. The highest BCUT2D eigenvalue weighted by Crippen LogP contribution is 2.38. The molecule has 1 aromatic heterocycles. The van der Waals surface area contributed by atoms with E-state index in [1.165, 1.54) is 48.8 Å².